The van der Waals surface area contributed by atoms with Crippen LogP contribution < -0.4 is 14.8 Å². The summed E-state index contributed by atoms with van der Waals surface area (Å²) in [5.41, 5.74) is 3.09. The van der Waals surface area contributed by atoms with E-state index in [0.29, 0.717) is 23.7 Å². The minimum atomic E-state index is -0.951. The number of alkyl halides is 1. The smallest absolute Gasteiger partial charge is 0.302 e. The van der Waals surface area contributed by atoms with E-state index in [1.807, 2.05) is 19.1 Å². The molecule has 7 nitrogen and oxygen atoms in total. The molecule has 2 amide bonds. The van der Waals surface area contributed by atoms with Crippen molar-refractivity contribution >= 4 is 34.3 Å². The van der Waals surface area contributed by atoms with Gasteiger partial charge in [0.2, 0.25) is 12.8 Å². The summed E-state index contributed by atoms with van der Waals surface area (Å²) in [6.45, 7) is 2.79. The van der Waals surface area contributed by atoms with Crippen LogP contribution in [0, 0.1) is 0 Å². The molecule has 2 aromatic rings. The summed E-state index contributed by atoms with van der Waals surface area (Å²) >= 11 is 1.22. The first kappa shape index (κ1) is 22.6. The van der Waals surface area contributed by atoms with Gasteiger partial charge in [-0.2, -0.15) is 5.10 Å². The Morgan fingerprint density at radius 2 is 1.97 bits per heavy atom. The third-order valence-corrected chi connectivity index (χ3v) is 5.89. The first-order chi connectivity index (χ1) is 14.9. The Morgan fingerprint density at radius 3 is 2.58 bits per heavy atom. The Labute approximate surface area is 184 Å². The second-order valence-corrected chi connectivity index (χ2v) is 7.97. The molecule has 1 atom stereocenters. The molecule has 0 bridgehead atoms. The van der Waals surface area contributed by atoms with Gasteiger partial charge in [-0.3, -0.25) is 9.59 Å². The van der Waals surface area contributed by atoms with Crippen molar-refractivity contribution in [2.45, 2.75) is 32.1 Å². The van der Waals surface area contributed by atoms with Gasteiger partial charge in [-0.1, -0.05) is 30.8 Å². The number of hydrogen-bond acceptors (Lipinski definition) is 6. The Kier molecular flexibility index (Phi) is 7.51. The van der Waals surface area contributed by atoms with E-state index in [1.165, 1.54) is 30.8 Å². The summed E-state index contributed by atoms with van der Waals surface area (Å²) in [7, 11) is 1.49. The molecular weight excluding hydrogens is 421 g/mol. The van der Waals surface area contributed by atoms with E-state index < -0.39 is 6.86 Å². The number of ether oxygens (including phenoxy) is 2. The average molecular weight is 446 g/mol. The van der Waals surface area contributed by atoms with Crippen LogP contribution in [0.25, 0.3) is 0 Å². The van der Waals surface area contributed by atoms with Gasteiger partial charge in [-0.15, -0.1) is 0 Å². The average Bonchev–Trinajstić information content (AvgIpc) is 2.76. The fourth-order valence-electron chi connectivity index (χ4n) is 3.17. The van der Waals surface area contributed by atoms with E-state index in [9.17, 15) is 14.0 Å². The number of halogens is 1. The summed E-state index contributed by atoms with van der Waals surface area (Å²) < 4.78 is 22.8. The number of rotatable bonds is 8. The third-order valence-electron chi connectivity index (χ3n) is 4.63. The number of amides is 2. The number of methoxy groups -OCH3 is 1. The minimum Gasteiger partial charge on any atom is -0.493 e. The van der Waals surface area contributed by atoms with Gasteiger partial charge in [0, 0.05) is 18.2 Å². The highest BCUT2D eigenvalue weighted by Gasteiger charge is 2.30. The molecule has 2 aromatic carbocycles. The maximum atomic E-state index is 12.7. The van der Waals surface area contributed by atoms with E-state index in [2.05, 4.69) is 10.4 Å². The predicted octanol–water partition coefficient (Wildman–Crippen LogP) is 4.81. The van der Waals surface area contributed by atoms with Crippen LogP contribution in [0.3, 0.4) is 0 Å². The lowest BCUT2D eigenvalue weighted by Crippen LogP contribution is -2.34. The fourth-order valence-corrected chi connectivity index (χ4v) is 4.10. The lowest BCUT2D eigenvalue weighted by Gasteiger charge is -2.28. The summed E-state index contributed by atoms with van der Waals surface area (Å²) in [6, 6.07) is 12.4. The van der Waals surface area contributed by atoms with Crippen molar-refractivity contribution in [2.24, 2.45) is 5.10 Å². The topological polar surface area (TPSA) is 80.2 Å². The molecule has 0 saturated carbocycles. The lowest BCUT2D eigenvalue weighted by atomic mass is 10.0. The summed E-state index contributed by atoms with van der Waals surface area (Å²) in [6.07, 6.45) is 0.722. The Hall–Kier alpha value is -3.07. The zero-order chi connectivity index (χ0) is 22.4. The van der Waals surface area contributed by atoms with Gasteiger partial charge in [0.1, 0.15) is 0 Å². The highest BCUT2D eigenvalue weighted by molar-refractivity contribution is 8.14. The van der Waals surface area contributed by atoms with E-state index in [4.69, 9.17) is 9.47 Å². The van der Waals surface area contributed by atoms with Gasteiger partial charge in [-0.05, 0) is 42.3 Å². The molecule has 1 N–H and O–H groups in total. The number of nitrogens with one attached hydrogen (secondary N) is 1. The SMILES string of the molecule is CCC1SC(=O)N(Cc2ccc(NC(C)=O)cc2)N=C1c1ccc(OCF)c(OC)c1. The van der Waals surface area contributed by atoms with E-state index in [-0.39, 0.29) is 16.4 Å². The van der Waals surface area contributed by atoms with Gasteiger partial charge in [0.15, 0.2) is 11.5 Å². The number of benzene rings is 2. The van der Waals surface area contributed by atoms with Crippen molar-refractivity contribution < 1.29 is 23.5 Å². The summed E-state index contributed by atoms with van der Waals surface area (Å²) in [5, 5.41) is 8.54. The number of carbonyl (C=O) groups is 2. The van der Waals surface area contributed by atoms with Crippen LogP contribution in [0.4, 0.5) is 14.9 Å². The molecule has 164 valence electrons. The molecule has 0 radical (unpaired) electrons. The molecule has 1 aliphatic heterocycles. The van der Waals surface area contributed by atoms with Crippen LogP contribution in [0.15, 0.2) is 47.6 Å². The maximum absolute atomic E-state index is 12.7. The number of nitrogens with zero attached hydrogens (tertiary/aromatic N) is 2. The van der Waals surface area contributed by atoms with Crippen molar-refractivity contribution in [3.05, 3.63) is 53.6 Å². The highest BCUT2D eigenvalue weighted by Crippen LogP contribution is 2.34. The second-order valence-electron chi connectivity index (χ2n) is 6.82. The maximum Gasteiger partial charge on any atom is 0.302 e. The molecule has 3 rings (SSSR count). The van der Waals surface area contributed by atoms with Crippen LogP contribution >= 0.6 is 11.8 Å². The van der Waals surface area contributed by atoms with Gasteiger partial charge in [0.25, 0.3) is 0 Å². The van der Waals surface area contributed by atoms with Crippen molar-refractivity contribution in [1.82, 2.24) is 5.01 Å². The van der Waals surface area contributed by atoms with Crippen LogP contribution in [-0.2, 0) is 11.3 Å². The van der Waals surface area contributed by atoms with Crippen LogP contribution in [0.1, 0.15) is 31.4 Å². The van der Waals surface area contributed by atoms with Crippen LogP contribution in [0.2, 0.25) is 0 Å². The van der Waals surface area contributed by atoms with Crippen molar-refractivity contribution in [2.75, 3.05) is 19.3 Å². The first-order valence-electron chi connectivity index (χ1n) is 9.75. The monoisotopic (exact) mass is 445 g/mol. The Bertz CT molecular complexity index is 981. The number of anilines is 1. The molecular formula is C22H24FN3O4S. The van der Waals surface area contributed by atoms with Crippen LogP contribution in [-0.4, -0.2) is 41.1 Å². The Balaban J connectivity index is 1.87. The van der Waals surface area contributed by atoms with Crippen molar-refractivity contribution in [1.29, 1.82) is 0 Å². The predicted molar refractivity (Wildman–Crippen MR) is 119 cm³/mol. The zero-order valence-electron chi connectivity index (χ0n) is 17.6. The molecule has 9 heteroatoms. The number of hydrogen-bond donors (Lipinski definition) is 1. The number of carbonyl (C=O) groups excluding carboxylic acids is 2. The van der Waals surface area contributed by atoms with E-state index in [0.717, 1.165) is 23.3 Å². The van der Waals surface area contributed by atoms with E-state index >= 15 is 0 Å². The van der Waals surface area contributed by atoms with Gasteiger partial charge in [0.05, 0.1) is 24.6 Å². The zero-order valence-corrected chi connectivity index (χ0v) is 18.4. The second kappa shape index (κ2) is 10.3. The fraction of sp³-hybridized carbons (Fsp3) is 0.318. The molecule has 1 heterocycles. The van der Waals surface area contributed by atoms with Gasteiger partial charge >= 0.3 is 5.24 Å². The summed E-state index contributed by atoms with van der Waals surface area (Å²) in [5.74, 6) is 0.557. The largest absolute Gasteiger partial charge is 0.493 e. The molecule has 1 aliphatic rings. The molecule has 0 aromatic heterocycles. The van der Waals surface area contributed by atoms with Crippen molar-refractivity contribution in [3.8, 4) is 11.5 Å². The van der Waals surface area contributed by atoms with Crippen molar-refractivity contribution in [3.63, 3.8) is 0 Å². The molecule has 0 fully saturated rings. The molecule has 0 saturated heterocycles. The van der Waals surface area contributed by atoms with Gasteiger partial charge in [-0.25, -0.2) is 9.40 Å². The summed E-state index contributed by atoms with van der Waals surface area (Å²) in [4.78, 5) is 23.8. The van der Waals surface area contributed by atoms with E-state index in [1.54, 1.807) is 30.3 Å². The normalized spacial score (nSPS) is 16.0. The minimum absolute atomic E-state index is 0.108. The van der Waals surface area contributed by atoms with Crippen LogP contribution in [0.5, 0.6) is 11.5 Å². The Morgan fingerprint density at radius 1 is 1.23 bits per heavy atom. The number of thioether (sulfide) groups is 1. The number of hydrazone groups is 1. The quantitative estimate of drug-likeness (QED) is 0.631. The molecule has 31 heavy (non-hydrogen) atoms. The lowest BCUT2D eigenvalue weighted by molar-refractivity contribution is -0.114. The highest BCUT2D eigenvalue weighted by atomic mass is 32.2. The van der Waals surface area contributed by atoms with Gasteiger partial charge < -0.3 is 14.8 Å². The molecule has 0 spiro atoms. The molecule has 1 unspecified atom stereocenters. The first-order valence-corrected chi connectivity index (χ1v) is 10.6. The third kappa shape index (κ3) is 5.55. The standard InChI is InChI=1S/C22H24FN3O4S/c1-4-20-21(16-7-10-18(30-13-23)19(11-16)29-3)25-26(22(28)31-20)12-15-5-8-17(9-6-15)24-14(2)27/h5-11,20H,4,12-13H2,1-3H3,(H,24,27). The molecule has 0 aliphatic carbocycles.